The van der Waals surface area contributed by atoms with Gasteiger partial charge in [0.1, 0.15) is 19.3 Å². The molecule has 5 unspecified atom stereocenters. The second-order valence-electron chi connectivity index (χ2n) is 27.2. The number of hydrogen-bond donors (Lipinski definition) is 3. The molecule has 0 heterocycles. The van der Waals surface area contributed by atoms with Crippen molar-refractivity contribution in [2.75, 3.05) is 39.6 Å². The second-order valence-corrected chi connectivity index (χ2v) is 30.1. The molecule has 0 aromatic heterocycles. The Balaban J connectivity index is 5.14. The molecule has 0 saturated heterocycles. The quantitative estimate of drug-likeness (QED) is 0.0222. The van der Waals surface area contributed by atoms with Crippen LogP contribution >= 0.6 is 15.6 Å². The Kier molecular flexibility index (Phi) is 60.3. The van der Waals surface area contributed by atoms with Crippen molar-refractivity contribution in [2.24, 2.45) is 23.7 Å². The molecule has 0 fully saturated rings. The van der Waals surface area contributed by atoms with Crippen LogP contribution in [0.5, 0.6) is 0 Å². The maximum Gasteiger partial charge on any atom is 0.472 e. The van der Waals surface area contributed by atoms with Crippen LogP contribution in [0.2, 0.25) is 0 Å². The van der Waals surface area contributed by atoms with E-state index in [1.165, 1.54) is 148 Å². The van der Waals surface area contributed by atoms with Gasteiger partial charge in [-0.05, 0) is 49.4 Å². The van der Waals surface area contributed by atoms with Crippen LogP contribution in [0.3, 0.4) is 0 Å². The highest BCUT2D eigenvalue weighted by molar-refractivity contribution is 7.47. The molecule has 0 aromatic carbocycles. The van der Waals surface area contributed by atoms with Gasteiger partial charge in [0.25, 0.3) is 0 Å². The van der Waals surface area contributed by atoms with Gasteiger partial charge >= 0.3 is 39.5 Å². The van der Waals surface area contributed by atoms with Crippen LogP contribution in [0, 0.1) is 23.7 Å². The van der Waals surface area contributed by atoms with Crippen molar-refractivity contribution in [1.82, 2.24) is 0 Å². The average molecular weight is 1340 g/mol. The zero-order valence-corrected chi connectivity index (χ0v) is 61.3. The first-order valence-electron chi connectivity index (χ1n) is 37.3. The van der Waals surface area contributed by atoms with Gasteiger partial charge in [0, 0.05) is 25.7 Å². The predicted octanol–water partition coefficient (Wildman–Crippen LogP) is 20.5. The molecule has 0 spiro atoms. The van der Waals surface area contributed by atoms with Crippen molar-refractivity contribution < 1.29 is 80.2 Å². The van der Waals surface area contributed by atoms with E-state index in [0.29, 0.717) is 31.6 Å². The zero-order valence-electron chi connectivity index (χ0n) is 59.5. The van der Waals surface area contributed by atoms with E-state index in [2.05, 4.69) is 55.4 Å². The first-order chi connectivity index (χ1) is 43.7. The van der Waals surface area contributed by atoms with Gasteiger partial charge in [-0.1, -0.05) is 306 Å². The molecule has 540 valence electrons. The molecule has 17 nitrogen and oxygen atoms in total. The fraction of sp³-hybridized carbons (Fsp3) is 0.944. The number of aliphatic hydroxyl groups is 1. The molecular weight excluding hydrogens is 1200 g/mol. The van der Waals surface area contributed by atoms with E-state index in [-0.39, 0.29) is 25.7 Å². The first-order valence-corrected chi connectivity index (χ1v) is 40.3. The topological polar surface area (TPSA) is 237 Å². The van der Waals surface area contributed by atoms with Crippen LogP contribution in [-0.2, 0) is 65.4 Å². The predicted molar refractivity (Wildman–Crippen MR) is 367 cm³/mol. The lowest BCUT2D eigenvalue weighted by molar-refractivity contribution is -0.161. The summed E-state index contributed by atoms with van der Waals surface area (Å²) in [5.41, 5.74) is 0. The van der Waals surface area contributed by atoms with Crippen molar-refractivity contribution in [1.29, 1.82) is 0 Å². The van der Waals surface area contributed by atoms with Crippen LogP contribution in [0.4, 0.5) is 0 Å². The third kappa shape index (κ3) is 62.6. The summed E-state index contributed by atoms with van der Waals surface area (Å²) in [7, 11) is -9.90. The molecule has 19 heteroatoms. The molecule has 3 N–H and O–H groups in total. The van der Waals surface area contributed by atoms with Gasteiger partial charge in [-0.3, -0.25) is 37.3 Å². The SMILES string of the molecule is CCC(C)CCCCCCCCCCCCCCCCCCCCC(=O)O[C@H](COC(=O)CCCCCCCCC(C)CC)COP(=O)(O)OC[C@@H](O)COP(=O)(O)OC[C@@H](COC(=O)CCCCCCCCC(C)C)OC(=O)CCCCCCCCC(C)CC. The van der Waals surface area contributed by atoms with E-state index < -0.39 is 97.5 Å². The third-order valence-electron chi connectivity index (χ3n) is 17.7. The summed E-state index contributed by atoms with van der Waals surface area (Å²) < 4.78 is 68.2. The summed E-state index contributed by atoms with van der Waals surface area (Å²) in [6, 6.07) is 0. The monoisotopic (exact) mass is 1340 g/mol. The molecular formula is C72H140O17P2. The maximum absolute atomic E-state index is 13.0. The Morgan fingerprint density at radius 3 is 0.780 bits per heavy atom. The highest BCUT2D eigenvalue weighted by Gasteiger charge is 2.30. The largest absolute Gasteiger partial charge is 0.472 e. The minimum absolute atomic E-state index is 0.101. The van der Waals surface area contributed by atoms with Gasteiger partial charge in [-0.15, -0.1) is 0 Å². The number of phosphoric ester groups is 2. The number of carbonyl (C=O) groups is 4. The van der Waals surface area contributed by atoms with Gasteiger partial charge in [-0.2, -0.15) is 0 Å². The number of unbranched alkanes of at least 4 members (excludes halogenated alkanes) is 32. The maximum atomic E-state index is 13.0. The lowest BCUT2D eigenvalue weighted by Crippen LogP contribution is -2.30. The molecule has 0 amide bonds. The zero-order chi connectivity index (χ0) is 67.5. The van der Waals surface area contributed by atoms with Crippen LogP contribution in [-0.4, -0.2) is 96.7 Å². The van der Waals surface area contributed by atoms with E-state index in [1.807, 2.05) is 0 Å². The summed E-state index contributed by atoms with van der Waals surface area (Å²) in [6.07, 6.45) is 44.8. The van der Waals surface area contributed by atoms with Crippen LogP contribution in [0.15, 0.2) is 0 Å². The smallest absolute Gasteiger partial charge is 0.462 e. The summed E-state index contributed by atoms with van der Waals surface area (Å²) in [5, 5.41) is 10.6. The summed E-state index contributed by atoms with van der Waals surface area (Å²) in [6.45, 7) is 14.1. The first kappa shape index (κ1) is 89.1. The van der Waals surface area contributed by atoms with Crippen LogP contribution < -0.4 is 0 Å². The second kappa shape index (κ2) is 61.6. The van der Waals surface area contributed by atoms with Gasteiger partial charge in [0.15, 0.2) is 12.2 Å². The van der Waals surface area contributed by atoms with Gasteiger partial charge in [0.05, 0.1) is 26.4 Å². The van der Waals surface area contributed by atoms with Crippen molar-refractivity contribution in [3.63, 3.8) is 0 Å². The molecule has 0 aliphatic rings. The number of phosphoric acid groups is 2. The lowest BCUT2D eigenvalue weighted by atomic mass is 9.99. The minimum Gasteiger partial charge on any atom is -0.462 e. The van der Waals surface area contributed by atoms with Gasteiger partial charge < -0.3 is 33.8 Å². The van der Waals surface area contributed by atoms with Crippen molar-refractivity contribution >= 4 is 39.5 Å². The third-order valence-corrected chi connectivity index (χ3v) is 19.6. The minimum atomic E-state index is -4.95. The average Bonchev–Trinajstić information content (AvgIpc) is 3.63. The number of esters is 4. The lowest BCUT2D eigenvalue weighted by Gasteiger charge is -2.21. The van der Waals surface area contributed by atoms with Crippen molar-refractivity contribution in [2.45, 2.75) is 375 Å². The number of hydrogen-bond acceptors (Lipinski definition) is 15. The van der Waals surface area contributed by atoms with Gasteiger partial charge in [0.2, 0.25) is 0 Å². The molecule has 0 aromatic rings. The van der Waals surface area contributed by atoms with Crippen molar-refractivity contribution in [3.8, 4) is 0 Å². The standard InChI is InChI=1S/C72H140O17P2/c1-9-63(6)49-41-33-24-22-20-18-16-14-12-13-15-17-19-21-23-25-38-46-54-71(76)88-67(58-83-70(75)53-45-37-30-27-34-42-50-64(7)10-2)60-86-90(78,79)84-56-66(73)57-85-91(80,81)87-61-68(59-82-69(74)52-44-36-29-26-32-40-48-62(4)5)89-72(77)55-47-39-31-28-35-43-51-65(8)11-3/h62-68,73H,9-61H2,1-8H3,(H,78,79)(H,80,81)/t63?,64?,65?,66-,67-,68-/m1/s1. The Hall–Kier alpha value is -1.94. The molecule has 0 radical (unpaired) electrons. The van der Waals surface area contributed by atoms with E-state index in [4.69, 9.17) is 37.0 Å². The van der Waals surface area contributed by atoms with Crippen LogP contribution in [0.25, 0.3) is 0 Å². The Morgan fingerprint density at radius 1 is 0.308 bits per heavy atom. The molecule has 0 aliphatic carbocycles. The van der Waals surface area contributed by atoms with E-state index >= 15 is 0 Å². The van der Waals surface area contributed by atoms with E-state index in [0.717, 1.165) is 120 Å². The number of aliphatic hydroxyl groups excluding tert-OH is 1. The van der Waals surface area contributed by atoms with Crippen molar-refractivity contribution in [3.05, 3.63) is 0 Å². The molecule has 0 rings (SSSR count). The summed E-state index contributed by atoms with van der Waals surface area (Å²) in [4.78, 5) is 72.5. The van der Waals surface area contributed by atoms with Gasteiger partial charge in [-0.25, -0.2) is 9.13 Å². The Morgan fingerprint density at radius 2 is 0.527 bits per heavy atom. The molecule has 0 aliphatic heterocycles. The Labute approximate surface area is 556 Å². The number of ether oxygens (including phenoxy) is 4. The number of rotatable bonds is 69. The normalized spacial score (nSPS) is 15.1. The van der Waals surface area contributed by atoms with E-state index in [9.17, 15) is 43.2 Å². The summed E-state index contributed by atoms with van der Waals surface area (Å²) >= 11 is 0. The highest BCUT2D eigenvalue weighted by atomic mass is 31.2. The Bertz CT molecular complexity index is 1800. The molecule has 8 atom stereocenters. The molecule has 0 saturated carbocycles. The summed E-state index contributed by atoms with van der Waals surface area (Å²) in [5.74, 6) is 0.867. The van der Waals surface area contributed by atoms with E-state index in [1.54, 1.807) is 0 Å². The van der Waals surface area contributed by atoms with Crippen LogP contribution in [0.1, 0.15) is 357 Å². The number of carbonyl (C=O) groups excluding carboxylic acids is 4. The fourth-order valence-corrected chi connectivity index (χ4v) is 12.3. The highest BCUT2D eigenvalue weighted by Crippen LogP contribution is 2.45. The fourth-order valence-electron chi connectivity index (χ4n) is 10.7. The molecule has 91 heavy (non-hydrogen) atoms. The molecule has 0 bridgehead atoms.